The minimum atomic E-state index is -0.0425. The van der Waals surface area contributed by atoms with Crippen LogP contribution in [-0.2, 0) is 9.53 Å². The van der Waals surface area contributed by atoms with Crippen molar-refractivity contribution in [3.63, 3.8) is 0 Å². The van der Waals surface area contributed by atoms with Crippen molar-refractivity contribution in [3.8, 4) is 6.19 Å². The summed E-state index contributed by atoms with van der Waals surface area (Å²) >= 11 is 1.35. The van der Waals surface area contributed by atoms with Gasteiger partial charge in [-0.25, -0.2) is 4.99 Å². The van der Waals surface area contributed by atoms with E-state index in [0.29, 0.717) is 30.6 Å². The average molecular weight is 333 g/mol. The first-order valence-corrected chi connectivity index (χ1v) is 8.41. The second kappa shape index (κ2) is 9.15. The molecule has 1 aliphatic heterocycles. The van der Waals surface area contributed by atoms with E-state index < -0.39 is 0 Å². The number of nitriles is 1. The van der Waals surface area contributed by atoms with E-state index in [9.17, 15) is 4.79 Å². The number of morpholine rings is 1. The van der Waals surface area contributed by atoms with Crippen molar-refractivity contribution in [1.29, 1.82) is 5.26 Å². The van der Waals surface area contributed by atoms with Crippen LogP contribution in [0, 0.1) is 11.5 Å². The van der Waals surface area contributed by atoms with Gasteiger partial charge in [-0.2, -0.15) is 5.26 Å². The molecule has 1 aromatic rings. The number of nitrogens with one attached hydrogen (secondary N) is 2. The van der Waals surface area contributed by atoms with Gasteiger partial charge >= 0.3 is 0 Å². The molecule has 0 spiro atoms. The van der Waals surface area contributed by atoms with Crippen molar-refractivity contribution in [2.45, 2.75) is 0 Å². The zero-order valence-corrected chi connectivity index (χ0v) is 13.7. The number of amides is 1. The fourth-order valence-corrected chi connectivity index (χ4v) is 2.42. The predicted octanol–water partition coefficient (Wildman–Crippen LogP) is 1.38. The number of carbonyl (C=O) groups excluding carboxylic acids is 1. The van der Waals surface area contributed by atoms with Crippen LogP contribution in [0.1, 0.15) is 0 Å². The average Bonchev–Trinajstić information content (AvgIpc) is 2.57. The quantitative estimate of drug-likeness (QED) is 0.374. The number of aliphatic imine (C=N–C) groups is 1. The molecule has 122 valence electrons. The molecular formula is C15H19N5O2S. The van der Waals surface area contributed by atoms with Crippen molar-refractivity contribution >= 4 is 34.2 Å². The smallest absolute Gasteiger partial charge is 0.238 e. The maximum Gasteiger partial charge on any atom is 0.238 e. The van der Waals surface area contributed by atoms with E-state index in [1.165, 1.54) is 11.8 Å². The van der Waals surface area contributed by atoms with Gasteiger partial charge in [-0.1, -0.05) is 11.8 Å². The Kier molecular flexibility index (Phi) is 6.87. The maximum absolute atomic E-state index is 12.0. The number of anilines is 1. The Bertz CT molecular complexity index is 591. The first-order chi connectivity index (χ1) is 11.2. The highest BCUT2D eigenvalue weighted by Gasteiger charge is 2.14. The zero-order valence-electron chi connectivity index (χ0n) is 12.9. The summed E-state index contributed by atoms with van der Waals surface area (Å²) in [6.07, 6.45) is 3.68. The lowest BCUT2D eigenvalue weighted by Gasteiger charge is -2.25. The summed E-state index contributed by atoms with van der Waals surface area (Å²) in [5.41, 5.74) is 1.43. The van der Waals surface area contributed by atoms with Crippen LogP contribution >= 0.6 is 11.8 Å². The van der Waals surface area contributed by atoms with E-state index in [1.807, 2.05) is 12.4 Å². The SMILES string of the molecule is CSC(=Nc1ccc(NC(=O)CN2CCOCC2)cc1)NC#N. The minimum absolute atomic E-state index is 0.0425. The van der Waals surface area contributed by atoms with Crippen LogP contribution in [-0.4, -0.2) is 55.1 Å². The van der Waals surface area contributed by atoms with Crippen molar-refractivity contribution in [1.82, 2.24) is 10.2 Å². The van der Waals surface area contributed by atoms with E-state index in [1.54, 1.807) is 24.3 Å². The lowest BCUT2D eigenvalue weighted by Crippen LogP contribution is -2.41. The summed E-state index contributed by atoms with van der Waals surface area (Å²) in [5, 5.41) is 14.5. The molecule has 2 N–H and O–H groups in total. The third kappa shape index (κ3) is 5.90. The van der Waals surface area contributed by atoms with Crippen LogP contribution < -0.4 is 10.6 Å². The molecule has 1 fully saturated rings. The second-order valence-corrected chi connectivity index (χ2v) is 5.64. The van der Waals surface area contributed by atoms with Gasteiger partial charge in [0.05, 0.1) is 25.4 Å². The monoisotopic (exact) mass is 333 g/mol. The number of ether oxygens (including phenoxy) is 1. The predicted molar refractivity (Wildman–Crippen MR) is 91.7 cm³/mol. The minimum Gasteiger partial charge on any atom is -0.379 e. The number of nitrogens with zero attached hydrogens (tertiary/aromatic N) is 3. The number of hydrogen-bond acceptors (Lipinski definition) is 6. The number of benzene rings is 1. The van der Waals surface area contributed by atoms with Gasteiger partial charge in [0.15, 0.2) is 11.4 Å². The van der Waals surface area contributed by atoms with E-state index in [-0.39, 0.29) is 5.91 Å². The molecule has 23 heavy (non-hydrogen) atoms. The van der Waals surface area contributed by atoms with Crippen molar-refractivity contribution in [3.05, 3.63) is 24.3 Å². The molecule has 8 heteroatoms. The van der Waals surface area contributed by atoms with Crippen LogP contribution in [0.4, 0.5) is 11.4 Å². The lowest BCUT2D eigenvalue weighted by atomic mass is 10.3. The van der Waals surface area contributed by atoms with E-state index in [2.05, 4.69) is 20.5 Å². The Hall–Kier alpha value is -2.08. The van der Waals surface area contributed by atoms with E-state index in [0.717, 1.165) is 18.8 Å². The van der Waals surface area contributed by atoms with E-state index in [4.69, 9.17) is 10.00 Å². The van der Waals surface area contributed by atoms with Crippen LogP contribution in [0.3, 0.4) is 0 Å². The molecule has 0 aliphatic carbocycles. The Morgan fingerprint density at radius 1 is 1.39 bits per heavy atom. The molecule has 1 aromatic carbocycles. The van der Waals surface area contributed by atoms with Crippen LogP contribution in [0.5, 0.6) is 0 Å². The van der Waals surface area contributed by atoms with Gasteiger partial charge in [-0.3, -0.25) is 15.0 Å². The highest BCUT2D eigenvalue weighted by atomic mass is 32.2. The summed E-state index contributed by atoms with van der Waals surface area (Å²) in [6.45, 7) is 3.28. The molecule has 7 nitrogen and oxygen atoms in total. The van der Waals surface area contributed by atoms with Crippen molar-refractivity contribution in [2.24, 2.45) is 4.99 Å². The van der Waals surface area contributed by atoms with Gasteiger partial charge in [0.25, 0.3) is 0 Å². The molecule has 1 heterocycles. The van der Waals surface area contributed by atoms with Gasteiger partial charge < -0.3 is 10.1 Å². The standard InChI is InChI=1S/C15H19N5O2S/c1-23-15(17-11-16)19-13-4-2-12(3-5-13)18-14(21)10-20-6-8-22-9-7-20/h2-5H,6-10H2,1H3,(H,17,19)(H,18,21). The van der Waals surface area contributed by atoms with Gasteiger partial charge in [0.1, 0.15) is 0 Å². The summed E-state index contributed by atoms with van der Waals surface area (Å²) < 4.78 is 5.26. The maximum atomic E-state index is 12.0. The number of hydrogen-bond donors (Lipinski definition) is 2. The summed E-state index contributed by atoms with van der Waals surface area (Å²) in [6, 6.07) is 7.17. The zero-order chi connectivity index (χ0) is 16.5. The molecule has 0 radical (unpaired) electrons. The third-order valence-corrected chi connectivity index (χ3v) is 3.79. The number of rotatable bonds is 4. The Balaban J connectivity index is 1.89. The van der Waals surface area contributed by atoms with E-state index >= 15 is 0 Å². The Labute approximate surface area is 139 Å². The lowest BCUT2D eigenvalue weighted by molar-refractivity contribution is -0.118. The molecular weight excluding hydrogens is 314 g/mol. The molecule has 1 aliphatic rings. The van der Waals surface area contributed by atoms with Crippen LogP contribution in [0.2, 0.25) is 0 Å². The highest BCUT2D eigenvalue weighted by Crippen LogP contribution is 2.17. The van der Waals surface area contributed by atoms with Gasteiger partial charge in [-0.15, -0.1) is 0 Å². The van der Waals surface area contributed by atoms with Crippen molar-refractivity contribution < 1.29 is 9.53 Å². The number of carbonyl (C=O) groups is 1. The first-order valence-electron chi connectivity index (χ1n) is 7.19. The Morgan fingerprint density at radius 2 is 2.09 bits per heavy atom. The van der Waals surface area contributed by atoms with Gasteiger partial charge in [0, 0.05) is 18.8 Å². The molecule has 0 aromatic heterocycles. The van der Waals surface area contributed by atoms with Crippen LogP contribution in [0.25, 0.3) is 0 Å². The summed E-state index contributed by atoms with van der Waals surface area (Å²) in [5.74, 6) is -0.0425. The molecule has 0 saturated carbocycles. The molecule has 0 unspecified atom stereocenters. The third-order valence-electron chi connectivity index (χ3n) is 3.21. The second-order valence-electron chi connectivity index (χ2n) is 4.84. The van der Waals surface area contributed by atoms with Crippen molar-refractivity contribution in [2.75, 3.05) is 44.4 Å². The van der Waals surface area contributed by atoms with Gasteiger partial charge in [-0.05, 0) is 30.5 Å². The molecule has 0 atom stereocenters. The first kappa shape index (κ1) is 17.3. The molecule has 2 rings (SSSR count). The highest BCUT2D eigenvalue weighted by molar-refractivity contribution is 8.13. The number of thioether (sulfide) groups is 1. The largest absolute Gasteiger partial charge is 0.379 e. The molecule has 1 saturated heterocycles. The molecule has 0 bridgehead atoms. The Morgan fingerprint density at radius 3 is 2.70 bits per heavy atom. The van der Waals surface area contributed by atoms with Gasteiger partial charge in [0.2, 0.25) is 5.91 Å². The van der Waals surface area contributed by atoms with Crippen LogP contribution in [0.15, 0.2) is 29.3 Å². The fraction of sp³-hybridized carbons (Fsp3) is 0.400. The number of amidine groups is 1. The summed E-state index contributed by atoms with van der Waals surface area (Å²) in [7, 11) is 0. The molecule has 1 amide bonds. The fourth-order valence-electron chi connectivity index (χ4n) is 2.07. The summed E-state index contributed by atoms with van der Waals surface area (Å²) in [4.78, 5) is 18.4. The topological polar surface area (TPSA) is 89.8 Å². The normalized spacial score (nSPS) is 15.7.